The highest BCUT2D eigenvalue weighted by molar-refractivity contribution is 5.88. The van der Waals surface area contributed by atoms with Gasteiger partial charge in [0.25, 0.3) is 0 Å². The Balaban J connectivity index is 4.04. The molecule has 0 fully saturated rings. The van der Waals surface area contributed by atoms with Gasteiger partial charge < -0.3 is 9.90 Å². The number of ketones is 2. The van der Waals surface area contributed by atoms with Gasteiger partial charge in [-0.15, -0.1) is 0 Å². The summed E-state index contributed by atoms with van der Waals surface area (Å²) >= 11 is 0. The highest BCUT2D eigenvalue weighted by Gasteiger charge is 2.18. The Bertz CT molecular complexity index is 232. The van der Waals surface area contributed by atoms with Crippen LogP contribution < -0.4 is 0 Å². The number of carboxylic acids is 1. The SMILES string of the molecule is CCC(CC(C)=O)C(=O)CCC(=O)O. The van der Waals surface area contributed by atoms with Crippen LogP contribution in [0.3, 0.4) is 0 Å². The molecule has 0 spiro atoms. The van der Waals surface area contributed by atoms with Crippen molar-refractivity contribution >= 4 is 17.5 Å². The molecule has 0 saturated carbocycles. The number of rotatable bonds is 7. The second-order valence-electron chi connectivity index (χ2n) is 3.37. The standard InChI is InChI=1S/C10H16O4/c1-3-8(6-7(2)11)9(12)4-5-10(13)14/h8H,3-6H2,1-2H3,(H,13,14). The van der Waals surface area contributed by atoms with Gasteiger partial charge >= 0.3 is 5.97 Å². The minimum Gasteiger partial charge on any atom is -0.481 e. The van der Waals surface area contributed by atoms with E-state index in [1.165, 1.54) is 6.92 Å². The van der Waals surface area contributed by atoms with Gasteiger partial charge in [0.15, 0.2) is 0 Å². The summed E-state index contributed by atoms with van der Waals surface area (Å²) < 4.78 is 0. The summed E-state index contributed by atoms with van der Waals surface area (Å²) in [5.74, 6) is -1.42. The van der Waals surface area contributed by atoms with Gasteiger partial charge in [0.2, 0.25) is 0 Å². The Hall–Kier alpha value is -1.19. The topological polar surface area (TPSA) is 71.4 Å². The van der Waals surface area contributed by atoms with Crippen molar-refractivity contribution in [3.8, 4) is 0 Å². The number of hydrogen-bond donors (Lipinski definition) is 1. The van der Waals surface area contributed by atoms with Gasteiger partial charge in [-0.1, -0.05) is 6.92 Å². The molecule has 0 aromatic heterocycles. The molecule has 0 bridgehead atoms. The number of carbonyl (C=O) groups excluding carboxylic acids is 2. The molecule has 0 aliphatic rings. The van der Waals surface area contributed by atoms with Crippen molar-refractivity contribution in [2.24, 2.45) is 5.92 Å². The first-order valence-electron chi connectivity index (χ1n) is 4.71. The van der Waals surface area contributed by atoms with Crippen LogP contribution in [-0.2, 0) is 14.4 Å². The number of carboxylic acid groups (broad SMARTS) is 1. The molecule has 1 N–H and O–H groups in total. The fraction of sp³-hybridized carbons (Fsp3) is 0.700. The molecule has 1 atom stereocenters. The first kappa shape index (κ1) is 12.8. The molecule has 0 radical (unpaired) electrons. The third kappa shape index (κ3) is 5.45. The van der Waals surface area contributed by atoms with E-state index in [0.29, 0.717) is 6.42 Å². The summed E-state index contributed by atoms with van der Waals surface area (Å²) in [4.78, 5) is 32.4. The first-order chi connectivity index (χ1) is 6.47. The van der Waals surface area contributed by atoms with E-state index in [2.05, 4.69) is 0 Å². The minimum atomic E-state index is -0.976. The Morgan fingerprint density at radius 1 is 1.21 bits per heavy atom. The van der Waals surface area contributed by atoms with Crippen molar-refractivity contribution in [2.45, 2.75) is 39.5 Å². The van der Waals surface area contributed by atoms with Crippen LogP contribution in [-0.4, -0.2) is 22.6 Å². The van der Waals surface area contributed by atoms with Gasteiger partial charge in [0.1, 0.15) is 11.6 Å². The lowest BCUT2D eigenvalue weighted by molar-refractivity contribution is -0.139. The Morgan fingerprint density at radius 2 is 1.79 bits per heavy atom. The quantitative estimate of drug-likeness (QED) is 0.674. The summed E-state index contributed by atoms with van der Waals surface area (Å²) in [6, 6.07) is 0. The molecule has 0 aliphatic heterocycles. The monoisotopic (exact) mass is 200 g/mol. The zero-order valence-electron chi connectivity index (χ0n) is 8.58. The summed E-state index contributed by atoms with van der Waals surface area (Å²) in [7, 11) is 0. The molecule has 80 valence electrons. The molecule has 0 aromatic rings. The maximum atomic E-state index is 11.4. The predicted octanol–water partition coefficient (Wildman–Crippen LogP) is 1.43. The second kappa shape index (κ2) is 6.29. The number of hydrogen-bond acceptors (Lipinski definition) is 3. The first-order valence-corrected chi connectivity index (χ1v) is 4.71. The molecule has 4 heteroatoms. The zero-order chi connectivity index (χ0) is 11.1. The van der Waals surface area contributed by atoms with Crippen LogP contribution in [0.2, 0.25) is 0 Å². The van der Waals surface area contributed by atoms with Gasteiger partial charge in [0.05, 0.1) is 6.42 Å². The molecule has 0 aromatic carbocycles. The van der Waals surface area contributed by atoms with Gasteiger partial charge in [-0.05, 0) is 13.3 Å². The van der Waals surface area contributed by atoms with Gasteiger partial charge in [-0.3, -0.25) is 9.59 Å². The molecular weight excluding hydrogens is 184 g/mol. The van der Waals surface area contributed by atoms with E-state index in [4.69, 9.17) is 5.11 Å². The zero-order valence-corrected chi connectivity index (χ0v) is 8.58. The van der Waals surface area contributed by atoms with E-state index in [-0.39, 0.29) is 36.7 Å². The molecule has 0 rings (SSSR count). The van der Waals surface area contributed by atoms with Crippen molar-refractivity contribution in [1.82, 2.24) is 0 Å². The Labute approximate surface area is 83.3 Å². The molecule has 4 nitrogen and oxygen atoms in total. The summed E-state index contributed by atoms with van der Waals surface area (Å²) in [5.41, 5.74) is 0. The third-order valence-electron chi connectivity index (χ3n) is 2.07. The Morgan fingerprint density at radius 3 is 2.14 bits per heavy atom. The van der Waals surface area contributed by atoms with E-state index < -0.39 is 5.97 Å². The van der Waals surface area contributed by atoms with Crippen LogP contribution in [0.1, 0.15) is 39.5 Å². The van der Waals surface area contributed by atoms with E-state index >= 15 is 0 Å². The molecule has 14 heavy (non-hydrogen) atoms. The van der Waals surface area contributed by atoms with E-state index in [1.807, 2.05) is 6.92 Å². The van der Waals surface area contributed by atoms with Gasteiger partial charge in [-0.25, -0.2) is 0 Å². The predicted molar refractivity (Wildman–Crippen MR) is 51.0 cm³/mol. The highest BCUT2D eigenvalue weighted by Crippen LogP contribution is 2.13. The van der Waals surface area contributed by atoms with Gasteiger partial charge in [0, 0.05) is 18.8 Å². The van der Waals surface area contributed by atoms with Crippen LogP contribution >= 0.6 is 0 Å². The molecule has 0 saturated heterocycles. The fourth-order valence-corrected chi connectivity index (χ4v) is 1.27. The molecule has 1 unspecified atom stereocenters. The summed E-state index contributed by atoms with van der Waals surface area (Å²) in [5, 5.41) is 8.38. The van der Waals surface area contributed by atoms with Crippen LogP contribution in [0.25, 0.3) is 0 Å². The van der Waals surface area contributed by atoms with Crippen LogP contribution in [0, 0.1) is 5.92 Å². The van der Waals surface area contributed by atoms with E-state index in [1.54, 1.807) is 0 Å². The van der Waals surface area contributed by atoms with Crippen molar-refractivity contribution in [1.29, 1.82) is 0 Å². The van der Waals surface area contributed by atoms with Crippen molar-refractivity contribution in [3.63, 3.8) is 0 Å². The second-order valence-corrected chi connectivity index (χ2v) is 3.37. The fourth-order valence-electron chi connectivity index (χ4n) is 1.27. The van der Waals surface area contributed by atoms with Crippen molar-refractivity contribution in [2.75, 3.05) is 0 Å². The minimum absolute atomic E-state index is 0.0273. The van der Waals surface area contributed by atoms with Crippen LogP contribution in [0.5, 0.6) is 0 Å². The van der Waals surface area contributed by atoms with Gasteiger partial charge in [-0.2, -0.15) is 0 Å². The lowest BCUT2D eigenvalue weighted by Gasteiger charge is -2.10. The van der Waals surface area contributed by atoms with Crippen molar-refractivity contribution < 1.29 is 19.5 Å². The molecule has 0 heterocycles. The Kier molecular flexibility index (Phi) is 5.76. The average Bonchev–Trinajstić information content (AvgIpc) is 2.09. The smallest absolute Gasteiger partial charge is 0.303 e. The summed E-state index contributed by atoms with van der Waals surface area (Å²) in [6.07, 6.45) is 0.710. The maximum absolute atomic E-state index is 11.4. The summed E-state index contributed by atoms with van der Waals surface area (Å²) in [6.45, 7) is 3.26. The third-order valence-corrected chi connectivity index (χ3v) is 2.07. The van der Waals surface area contributed by atoms with Crippen LogP contribution in [0.4, 0.5) is 0 Å². The molecule has 0 amide bonds. The van der Waals surface area contributed by atoms with E-state index in [0.717, 1.165) is 0 Å². The van der Waals surface area contributed by atoms with Crippen LogP contribution in [0.15, 0.2) is 0 Å². The molecular formula is C10H16O4. The number of Topliss-reactive ketones (excluding diaryl/α,β-unsaturated/α-hetero) is 2. The largest absolute Gasteiger partial charge is 0.481 e. The average molecular weight is 200 g/mol. The van der Waals surface area contributed by atoms with E-state index in [9.17, 15) is 14.4 Å². The highest BCUT2D eigenvalue weighted by atomic mass is 16.4. The molecule has 0 aliphatic carbocycles. The van der Waals surface area contributed by atoms with Crippen molar-refractivity contribution in [3.05, 3.63) is 0 Å². The normalized spacial score (nSPS) is 12.1. The number of aliphatic carboxylic acids is 1. The lowest BCUT2D eigenvalue weighted by atomic mass is 9.93. The number of carbonyl (C=O) groups is 3. The lowest BCUT2D eigenvalue weighted by Crippen LogP contribution is -2.17. The maximum Gasteiger partial charge on any atom is 0.303 e.